The Morgan fingerprint density at radius 3 is 2.56 bits per heavy atom. The first-order valence-corrected chi connectivity index (χ1v) is 6.74. The van der Waals surface area contributed by atoms with Gasteiger partial charge < -0.3 is 10.5 Å². The van der Waals surface area contributed by atoms with Crippen molar-refractivity contribution in [1.82, 2.24) is 0 Å². The van der Waals surface area contributed by atoms with E-state index in [0.717, 1.165) is 0 Å². The van der Waals surface area contributed by atoms with Gasteiger partial charge in [-0.1, -0.05) is 0 Å². The molecule has 1 aromatic rings. The van der Waals surface area contributed by atoms with Crippen molar-refractivity contribution in [2.24, 2.45) is 5.73 Å². The molecular weight excluding hydrogens is 254 g/mol. The average molecular weight is 269 g/mol. The minimum atomic E-state index is -1.40. The summed E-state index contributed by atoms with van der Waals surface area (Å²) in [6.45, 7) is 1.45. The van der Waals surface area contributed by atoms with Crippen molar-refractivity contribution >= 4 is 22.5 Å². The molecule has 6 heteroatoms. The van der Waals surface area contributed by atoms with E-state index in [1.807, 2.05) is 0 Å². The molecule has 1 atom stereocenters. The monoisotopic (exact) mass is 269 g/mol. The van der Waals surface area contributed by atoms with Gasteiger partial charge in [0.15, 0.2) is 5.78 Å². The molecule has 5 nitrogen and oxygen atoms in total. The molecule has 98 valence electrons. The highest BCUT2D eigenvalue weighted by Crippen LogP contribution is 2.21. The molecule has 0 aliphatic carbocycles. The van der Waals surface area contributed by atoms with E-state index in [1.54, 1.807) is 18.2 Å². The van der Waals surface area contributed by atoms with Gasteiger partial charge in [0.1, 0.15) is 11.5 Å². The molecule has 1 unspecified atom stereocenters. The first kappa shape index (κ1) is 14.4. The van der Waals surface area contributed by atoms with Crippen LogP contribution >= 0.6 is 0 Å². The second-order valence-electron chi connectivity index (χ2n) is 3.78. The minimum absolute atomic E-state index is 0.0837. The molecule has 18 heavy (non-hydrogen) atoms. The van der Waals surface area contributed by atoms with Crippen LogP contribution in [-0.2, 0) is 21.3 Å². The number of methoxy groups -OCH3 is 1. The maximum Gasteiger partial charge on any atom is 0.230 e. The summed E-state index contributed by atoms with van der Waals surface area (Å²) in [5.41, 5.74) is 6.12. The molecule has 1 rings (SSSR count). The number of primary amides is 1. The van der Waals surface area contributed by atoms with Gasteiger partial charge in [-0.15, -0.1) is 0 Å². The van der Waals surface area contributed by atoms with Gasteiger partial charge in [0.25, 0.3) is 0 Å². The zero-order valence-electron chi connectivity index (χ0n) is 10.3. The Morgan fingerprint density at radius 1 is 1.39 bits per heavy atom. The van der Waals surface area contributed by atoms with Crippen LogP contribution in [0.4, 0.5) is 0 Å². The fourth-order valence-corrected chi connectivity index (χ4v) is 2.49. The Balaban J connectivity index is 2.97. The molecule has 0 aliphatic heterocycles. The molecule has 0 fully saturated rings. The number of ether oxygens (including phenoxy) is 1. The fourth-order valence-electron chi connectivity index (χ4n) is 1.49. The van der Waals surface area contributed by atoms with Gasteiger partial charge in [0.2, 0.25) is 5.91 Å². The molecule has 1 aromatic carbocycles. The molecule has 0 saturated heterocycles. The molecule has 0 radical (unpaired) electrons. The number of rotatable bonds is 6. The summed E-state index contributed by atoms with van der Waals surface area (Å²) >= 11 is 0. The number of benzene rings is 1. The van der Waals surface area contributed by atoms with Gasteiger partial charge in [0.05, 0.1) is 12.9 Å². The van der Waals surface area contributed by atoms with Crippen LogP contribution in [0.3, 0.4) is 0 Å². The van der Waals surface area contributed by atoms with E-state index < -0.39 is 16.7 Å². The quantitative estimate of drug-likeness (QED) is 0.767. The standard InChI is InChI=1S/C12H15NO4S/c1-8(14)9-3-4-11(17-2)10(5-9)6-18(16)7-12(13)15/h3-5H,6-7H2,1-2H3,(H2,13,15). The van der Waals surface area contributed by atoms with Gasteiger partial charge >= 0.3 is 0 Å². The molecule has 0 aliphatic rings. The smallest absolute Gasteiger partial charge is 0.230 e. The van der Waals surface area contributed by atoms with Crippen molar-refractivity contribution in [3.05, 3.63) is 29.3 Å². The summed E-state index contributed by atoms with van der Waals surface area (Å²) in [6, 6.07) is 4.91. The van der Waals surface area contributed by atoms with Crippen molar-refractivity contribution in [3.8, 4) is 5.75 Å². The normalized spacial score (nSPS) is 11.9. The van der Waals surface area contributed by atoms with E-state index in [2.05, 4.69) is 0 Å². The second-order valence-corrected chi connectivity index (χ2v) is 5.23. The average Bonchev–Trinajstić information content (AvgIpc) is 2.27. The Morgan fingerprint density at radius 2 is 2.06 bits per heavy atom. The third kappa shape index (κ3) is 3.96. The Kier molecular flexibility index (Phi) is 5.03. The van der Waals surface area contributed by atoms with Gasteiger partial charge in [-0.2, -0.15) is 0 Å². The SMILES string of the molecule is COc1ccc(C(C)=O)cc1CS(=O)CC(N)=O. The number of Topliss-reactive ketones (excluding diaryl/α,β-unsaturated/α-hetero) is 1. The highest BCUT2D eigenvalue weighted by molar-refractivity contribution is 7.84. The van der Waals surface area contributed by atoms with E-state index in [-0.39, 0.29) is 17.3 Å². The predicted octanol–water partition coefficient (Wildman–Crippen LogP) is 0.632. The van der Waals surface area contributed by atoms with Crippen LogP contribution in [0.1, 0.15) is 22.8 Å². The summed E-state index contributed by atoms with van der Waals surface area (Å²) < 4.78 is 16.8. The number of amides is 1. The van der Waals surface area contributed by atoms with Gasteiger partial charge in [-0.05, 0) is 25.1 Å². The molecule has 0 spiro atoms. The highest BCUT2D eigenvalue weighted by atomic mass is 32.2. The third-order valence-corrected chi connectivity index (χ3v) is 3.55. The summed E-state index contributed by atoms with van der Waals surface area (Å²) in [5, 5.41) is 0. The van der Waals surface area contributed by atoms with Crippen LogP contribution in [0, 0.1) is 0 Å². The van der Waals surface area contributed by atoms with E-state index >= 15 is 0 Å². The largest absolute Gasteiger partial charge is 0.496 e. The summed E-state index contributed by atoms with van der Waals surface area (Å²) in [6.07, 6.45) is 0. The lowest BCUT2D eigenvalue weighted by Crippen LogP contribution is -2.20. The van der Waals surface area contributed by atoms with Crippen molar-refractivity contribution in [2.45, 2.75) is 12.7 Å². The lowest BCUT2D eigenvalue weighted by molar-refractivity contribution is -0.115. The fraction of sp³-hybridized carbons (Fsp3) is 0.333. The first-order chi connectivity index (χ1) is 8.43. The molecule has 1 amide bonds. The number of carbonyl (C=O) groups excluding carboxylic acids is 2. The summed E-state index contributed by atoms with van der Waals surface area (Å²) in [4.78, 5) is 21.9. The van der Waals surface area contributed by atoms with Crippen molar-refractivity contribution < 1.29 is 18.5 Å². The van der Waals surface area contributed by atoms with Crippen molar-refractivity contribution in [1.29, 1.82) is 0 Å². The van der Waals surface area contributed by atoms with E-state index in [1.165, 1.54) is 14.0 Å². The molecule has 0 aromatic heterocycles. The van der Waals surface area contributed by atoms with Crippen LogP contribution in [0.5, 0.6) is 5.75 Å². The lowest BCUT2D eigenvalue weighted by Gasteiger charge is -2.09. The van der Waals surface area contributed by atoms with Crippen molar-refractivity contribution in [2.75, 3.05) is 12.9 Å². The number of nitrogens with two attached hydrogens (primary N) is 1. The predicted molar refractivity (Wildman–Crippen MR) is 68.9 cm³/mol. The molecule has 2 N–H and O–H groups in total. The number of ketones is 1. The summed E-state index contributed by atoms with van der Waals surface area (Å²) in [7, 11) is 0.0890. The second kappa shape index (κ2) is 6.30. The first-order valence-electron chi connectivity index (χ1n) is 5.25. The molecule has 0 bridgehead atoms. The van der Waals surface area contributed by atoms with E-state index in [0.29, 0.717) is 16.9 Å². The van der Waals surface area contributed by atoms with Gasteiger partial charge in [-0.3, -0.25) is 13.8 Å². The van der Waals surface area contributed by atoms with Crippen LogP contribution in [0.15, 0.2) is 18.2 Å². The van der Waals surface area contributed by atoms with Crippen LogP contribution in [0.2, 0.25) is 0 Å². The van der Waals surface area contributed by atoms with Crippen LogP contribution in [0.25, 0.3) is 0 Å². The number of hydrogen-bond donors (Lipinski definition) is 1. The highest BCUT2D eigenvalue weighted by Gasteiger charge is 2.12. The Labute approximate surface area is 108 Å². The maximum atomic E-state index is 11.6. The molecule has 0 heterocycles. The third-order valence-electron chi connectivity index (χ3n) is 2.31. The van der Waals surface area contributed by atoms with E-state index in [9.17, 15) is 13.8 Å². The number of hydrogen-bond acceptors (Lipinski definition) is 4. The topological polar surface area (TPSA) is 86.5 Å². The molecule has 0 saturated carbocycles. The zero-order chi connectivity index (χ0) is 13.7. The van der Waals surface area contributed by atoms with Crippen molar-refractivity contribution in [3.63, 3.8) is 0 Å². The van der Waals surface area contributed by atoms with Gasteiger partial charge in [0, 0.05) is 21.9 Å². The Bertz CT molecular complexity index is 499. The Hall–Kier alpha value is -1.69. The zero-order valence-corrected chi connectivity index (χ0v) is 11.1. The summed E-state index contributed by atoms with van der Waals surface area (Å²) in [5.74, 6) is -0.229. The lowest BCUT2D eigenvalue weighted by atomic mass is 10.1. The van der Waals surface area contributed by atoms with Crippen LogP contribution < -0.4 is 10.5 Å². The molecular formula is C12H15NO4S. The minimum Gasteiger partial charge on any atom is -0.496 e. The number of carbonyl (C=O) groups is 2. The van der Waals surface area contributed by atoms with Gasteiger partial charge in [-0.25, -0.2) is 0 Å². The maximum absolute atomic E-state index is 11.6. The van der Waals surface area contributed by atoms with Crippen LogP contribution in [-0.4, -0.2) is 28.8 Å². The van der Waals surface area contributed by atoms with E-state index in [4.69, 9.17) is 10.5 Å².